The summed E-state index contributed by atoms with van der Waals surface area (Å²) in [7, 11) is 1.38. The molecule has 38 heavy (non-hydrogen) atoms. The second kappa shape index (κ2) is 12.8. The Morgan fingerprint density at radius 3 is 2.79 bits per heavy atom. The fraction of sp³-hybridized carbons (Fsp3) is 0.346. The van der Waals surface area contributed by atoms with E-state index in [1.165, 1.54) is 13.2 Å². The lowest BCUT2D eigenvalue weighted by Gasteiger charge is -2.23. The number of carbonyl (C=O) groups is 1. The van der Waals surface area contributed by atoms with Crippen molar-refractivity contribution in [2.45, 2.75) is 25.0 Å². The van der Waals surface area contributed by atoms with Gasteiger partial charge in [0.25, 0.3) is 5.91 Å². The molecule has 3 heterocycles. The number of aliphatic hydroxyl groups excluding tert-OH is 2. The van der Waals surface area contributed by atoms with Gasteiger partial charge in [-0.05, 0) is 36.4 Å². The van der Waals surface area contributed by atoms with Crippen LogP contribution < -0.4 is 20.1 Å². The van der Waals surface area contributed by atoms with E-state index in [1.54, 1.807) is 30.5 Å². The molecular formula is C26H28N6O6. The van der Waals surface area contributed by atoms with E-state index in [4.69, 9.17) is 19.3 Å². The molecule has 2 aromatic heterocycles. The van der Waals surface area contributed by atoms with Gasteiger partial charge in [-0.25, -0.2) is 9.97 Å². The van der Waals surface area contributed by atoms with Crippen LogP contribution in [0, 0.1) is 11.3 Å². The summed E-state index contributed by atoms with van der Waals surface area (Å²) in [6.07, 6.45) is 2.10. The molecule has 0 spiro atoms. The normalized spacial score (nSPS) is 14.3. The van der Waals surface area contributed by atoms with Crippen molar-refractivity contribution in [3.05, 3.63) is 53.7 Å². The second-order valence-corrected chi connectivity index (χ2v) is 8.44. The van der Waals surface area contributed by atoms with E-state index in [2.05, 4.69) is 31.7 Å². The molecule has 0 bridgehead atoms. The van der Waals surface area contributed by atoms with Crippen molar-refractivity contribution in [2.24, 2.45) is 0 Å². The minimum absolute atomic E-state index is 0.0191. The number of hydrogen-bond acceptors (Lipinski definition) is 11. The van der Waals surface area contributed by atoms with Gasteiger partial charge in [0.1, 0.15) is 29.3 Å². The third-order valence-electron chi connectivity index (χ3n) is 5.76. The lowest BCUT2D eigenvalue weighted by atomic mass is 10.1. The largest absolute Gasteiger partial charge is 0.489 e. The van der Waals surface area contributed by atoms with Gasteiger partial charge in [0.05, 0.1) is 44.3 Å². The van der Waals surface area contributed by atoms with Crippen molar-refractivity contribution < 1.29 is 29.2 Å². The van der Waals surface area contributed by atoms with Gasteiger partial charge in [-0.1, -0.05) is 0 Å². The molecule has 1 fully saturated rings. The Kier molecular flexibility index (Phi) is 8.99. The summed E-state index contributed by atoms with van der Waals surface area (Å²) in [6, 6.07) is 12.3. The van der Waals surface area contributed by atoms with Crippen molar-refractivity contribution in [3.8, 4) is 29.0 Å². The van der Waals surface area contributed by atoms with Gasteiger partial charge in [-0.3, -0.25) is 4.79 Å². The standard InChI is InChI=1S/C26H28N6O6/c1-36-25-20(24(35)29-14-18(34)15-33)3-5-23(31-25)32-26-28-9-6-21(30-26)16-2-4-22(17(12-16)13-27)38-19-7-10-37-11-8-19/h2-6,9,12,18-19,33-34H,7-8,10-11,14-15H2,1H3,(H,29,35)(H,28,30,31,32). The Labute approximate surface area is 219 Å². The Bertz CT molecular complexity index is 1310. The van der Waals surface area contributed by atoms with Crippen LogP contribution in [0.25, 0.3) is 11.3 Å². The number of nitrogens with one attached hydrogen (secondary N) is 2. The third kappa shape index (κ3) is 6.71. The van der Waals surface area contributed by atoms with Gasteiger partial charge in [-0.15, -0.1) is 0 Å². The number of hydrogen-bond donors (Lipinski definition) is 4. The molecule has 0 saturated carbocycles. The number of anilines is 2. The molecule has 1 saturated heterocycles. The van der Waals surface area contributed by atoms with Crippen LogP contribution in [0.5, 0.6) is 11.6 Å². The zero-order chi connectivity index (χ0) is 26.9. The van der Waals surface area contributed by atoms with Crippen LogP contribution in [-0.4, -0.2) is 76.8 Å². The topological polar surface area (TPSA) is 172 Å². The van der Waals surface area contributed by atoms with Crippen LogP contribution in [0.4, 0.5) is 11.8 Å². The first-order valence-electron chi connectivity index (χ1n) is 12.0. The first-order chi connectivity index (χ1) is 18.5. The maximum atomic E-state index is 12.4. The molecule has 4 N–H and O–H groups in total. The Morgan fingerprint density at radius 2 is 2.05 bits per heavy atom. The minimum atomic E-state index is -1.07. The number of benzene rings is 1. The van der Waals surface area contributed by atoms with Crippen LogP contribution in [0.3, 0.4) is 0 Å². The van der Waals surface area contributed by atoms with Crippen LogP contribution in [0.15, 0.2) is 42.6 Å². The lowest BCUT2D eigenvalue weighted by molar-refractivity contribution is 0.0254. The second-order valence-electron chi connectivity index (χ2n) is 8.44. The summed E-state index contributed by atoms with van der Waals surface area (Å²) >= 11 is 0. The number of methoxy groups -OCH3 is 1. The van der Waals surface area contributed by atoms with Gasteiger partial charge < -0.3 is 35.1 Å². The predicted molar refractivity (Wildman–Crippen MR) is 136 cm³/mol. The van der Waals surface area contributed by atoms with Crippen LogP contribution >= 0.6 is 0 Å². The van der Waals surface area contributed by atoms with Crippen LogP contribution in [0.2, 0.25) is 0 Å². The first-order valence-corrected chi connectivity index (χ1v) is 12.0. The fourth-order valence-electron chi connectivity index (χ4n) is 3.76. The molecule has 1 unspecified atom stereocenters. The molecule has 12 nitrogen and oxygen atoms in total. The van der Waals surface area contributed by atoms with Gasteiger partial charge in [0.15, 0.2) is 0 Å². The van der Waals surface area contributed by atoms with E-state index < -0.39 is 18.6 Å². The molecule has 198 valence electrons. The Balaban J connectivity index is 1.49. The van der Waals surface area contributed by atoms with E-state index in [1.807, 2.05) is 6.07 Å². The number of pyridine rings is 1. The fourth-order valence-corrected chi connectivity index (χ4v) is 3.76. The molecule has 0 radical (unpaired) electrons. The zero-order valence-corrected chi connectivity index (χ0v) is 20.8. The number of nitrogens with zero attached hydrogens (tertiary/aromatic N) is 4. The number of amides is 1. The van der Waals surface area contributed by atoms with Gasteiger partial charge in [0.2, 0.25) is 11.8 Å². The van der Waals surface area contributed by atoms with E-state index >= 15 is 0 Å². The monoisotopic (exact) mass is 520 g/mol. The maximum absolute atomic E-state index is 12.4. The Morgan fingerprint density at radius 1 is 1.24 bits per heavy atom. The van der Waals surface area contributed by atoms with Crippen molar-refractivity contribution >= 4 is 17.7 Å². The summed E-state index contributed by atoms with van der Waals surface area (Å²) in [5, 5.41) is 33.5. The first kappa shape index (κ1) is 26.7. The zero-order valence-electron chi connectivity index (χ0n) is 20.8. The third-order valence-corrected chi connectivity index (χ3v) is 5.76. The van der Waals surface area contributed by atoms with Crippen LogP contribution in [-0.2, 0) is 4.74 Å². The average Bonchev–Trinajstić information content (AvgIpc) is 2.96. The number of ether oxygens (including phenoxy) is 3. The SMILES string of the molecule is COc1nc(Nc2nccc(-c3ccc(OC4CCOCC4)c(C#N)c3)n2)ccc1C(=O)NCC(O)CO. The van der Waals surface area contributed by atoms with Gasteiger partial charge in [0, 0.05) is 31.1 Å². The molecular weight excluding hydrogens is 492 g/mol. The van der Waals surface area contributed by atoms with E-state index in [9.17, 15) is 15.2 Å². The summed E-state index contributed by atoms with van der Waals surface area (Å²) in [5.74, 6) is 0.664. The summed E-state index contributed by atoms with van der Waals surface area (Å²) in [4.78, 5) is 25.5. The molecule has 4 rings (SSSR count). The number of aliphatic hydroxyl groups is 2. The maximum Gasteiger partial charge on any atom is 0.256 e. The molecule has 3 aromatic rings. The van der Waals surface area contributed by atoms with Gasteiger partial charge >= 0.3 is 0 Å². The minimum Gasteiger partial charge on any atom is -0.489 e. The molecule has 12 heteroatoms. The molecule has 1 aliphatic rings. The van der Waals surface area contributed by atoms with Crippen molar-refractivity contribution in [3.63, 3.8) is 0 Å². The van der Waals surface area contributed by atoms with Crippen molar-refractivity contribution in [1.29, 1.82) is 5.26 Å². The molecule has 0 aliphatic carbocycles. The lowest BCUT2D eigenvalue weighted by Crippen LogP contribution is -2.34. The smallest absolute Gasteiger partial charge is 0.256 e. The van der Waals surface area contributed by atoms with Crippen molar-refractivity contribution in [1.82, 2.24) is 20.3 Å². The van der Waals surface area contributed by atoms with Crippen LogP contribution in [0.1, 0.15) is 28.8 Å². The molecule has 1 atom stereocenters. The summed E-state index contributed by atoms with van der Waals surface area (Å²) in [5.41, 5.74) is 1.87. The van der Waals surface area contributed by atoms with E-state index in [0.717, 1.165) is 12.8 Å². The van der Waals surface area contributed by atoms with E-state index in [-0.39, 0.29) is 30.0 Å². The number of rotatable bonds is 10. The van der Waals surface area contributed by atoms with E-state index in [0.29, 0.717) is 41.6 Å². The van der Waals surface area contributed by atoms with Gasteiger partial charge in [-0.2, -0.15) is 10.2 Å². The highest BCUT2D eigenvalue weighted by Crippen LogP contribution is 2.28. The average molecular weight is 521 g/mol. The highest BCUT2D eigenvalue weighted by atomic mass is 16.5. The number of nitriles is 1. The summed E-state index contributed by atoms with van der Waals surface area (Å²) < 4.78 is 16.6. The molecule has 1 aromatic carbocycles. The summed E-state index contributed by atoms with van der Waals surface area (Å²) in [6.45, 7) is 0.707. The van der Waals surface area contributed by atoms with Crippen molar-refractivity contribution in [2.75, 3.05) is 38.8 Å². The molecule has 1 amide bonds. The Hall–Kier alpha value is -4.31. The molecule has 1 aliphatic heterocycles. The number of aromatic nitrogens is 3. The highest BCUT2D eigenvalue weighted by Gasteiger charge is 2.18. The predicted octanol–water partition coefficient (Wildman–Crippen LogP) is 1.80. The number of carbonyl (C=O) groups excluding carboxylic acids is 1. The quantitative estimate of drug-likeness (QED) is 0.307. The highest BCUT2D eigenvalue weighted by molar-refractivity contribution is 5.96.